The molecule has 0 spiro atoms. The smallest absolute Gasteiger partial charge is 0.423 e. The van der Waals surface area contributed by atoms with Crippen molar-refractivity contribution in [2.24, 2.45) is 0 Å². The van der Waals surface area contributed by atoms with Crippen LogP contribution in [0.4, 0.5) is 0 Å². The van der Waals surface area contributed by atoms with Gasteiger partial charge in [0.1, 0.15) is 0 Å². The van der Waals surface area contributed by atoms with Crippen LogP contribution in [-0.2, 0) is 11.3 Å². The van der Waals surface area contributed by atoms with Crippen LogP contribution in [-0.4, -0.2) is 53.2 Å². The number of rotatable bonds is 4. The molecule has 0 fully saturated rings. The average molecular weight is 236 g/mol. The first kappa shape index (κ1) is 12.0. The zero-order valence-electron chi connectivity index (χ0n) is 9.46. The van der Waals surface area contributed by atoms with Crippen molar-refractivity contribution < 1.29 is 19.6 Å². The molecule has 0 atom stereocenters. The van der Waals surface area contributed by atoms with Crippen LogP contribution < -0.4 is 5.46 Å². The van der Waals surface area contributed by atoms with Gasteiger partial charge in [-0.05, 0) is 6.07 Å². The van der Waals surface area contributed by atoms with Crippen molar-refractivity contribution in [3.05, 3.63) is 23.5 Å². The predicted molar refractivity (Wildman–Crippen MR) is 60.7 cm³/mol. The van der Waals surface area contributed by atoms with E-state index in [0.29, 0.717) is 31.0 Å². The van der Waals surface area contributed by atoms with E-state index in [1.807, 2.05) is 0 Å². The molecule has 1 amide bonds. The largest absolute Gasteiger partial charge is 0.490 e. The van der Waals surface area contributed by atoms with E-state index >= 15 is 0 Å². The number of aromatic nitrogens is 1. The highest BCUT2D eigenvalue weighted by Crippen LogP contribution is 2.19. The highest BCUT2D eigenvalue weighted by Gasteiger charge is 2.29. The molecule has 1 aromatic heterocycles. The Bertz CT molecular complexity index is 438. The van der Waals surface area contributed by atoms with Crippen molar-refractivity contribution in [2.45, 2.75) is 6.54 Å². The molecule has 17 heavy (non-hydrogen) atoms. The summed E-state index contributed by atoms with van der Waals surface area (Å²) in [4.78, 5) is 17.6. The van der Waals surface area contributed by atoms with Crippen LogP contribution in [0.2, 0.25) is 0 Å². The third-order valence-corrected chi connectivity index (χ3v) is 2.71. The molecular formula is C10H13BN2O4. The van der Waals surface area contributed by atoms with Gasteiger partial charge < -0.3 is 19.7 Å². The highest BCUT2D eigenvalue weighted by atomic mass is 16.5. The fourth-order valence-corrected chi connectivity index (χ4v) is 1.77. The van der Waals surface area contributed by atoms with Crippen LogP contribution >= 0.6 is 0 Å². The van der Waals surface area contributed by atoms with E-state index in [1.165, 1.54) is 12.3 Å². The van der Waals surface area contributed by atoms with Crippen LogP contribution in [0.3, 0.4) is 0 Å². The normalized spacial score (nSPS) is 14.1. The molecule has 2 N–H and O–H groups in total. The van der Waals surface area contributed by atoms with Crippen LogP contribution in [0.1, 0.15) is 16.1 Å². The standard InChI is InChI=1S/C10H13BN2O4/c1-17-3-2-13-6-9-8(10(13)14)4-7(5-12-9)11(15)16/h4-5,15-16H,2-3,6H2,1H3. The van der Waals surface area contributed by atoms with Crippen LogP contribution in [0, 0.1) is 0 Å². The summed E-state index contributed by atoms with van der Waals surface area (Å²) in [6.07, 6.45) is 1.37. The lowest BCUT2D eigenvalue weighted by molar-refractivity contribution is 0.0719. The summed E-state index contributed by atoms with van der Waals surface area (Å²) in [5, 5.41) is 18.0. The average Bonchev–Trinajstić information content (AvgIpc) is 2.63. The van der Waals surface area contributed by atoms with E-state index in [4.69, 9.17) is 14.8 Å². The summed E-state index contributed by atoms with van der Waals surface area (Å²) in [5.41, 5.74) is 1.33. The maximum absolute atomic E-state index is 11.9. The quantitative estimate of drug-likeness (QED) is 0.613. The number of ether oxygens (including phenoxy) is 1. The first-order valence-corrected chi connectivity index (χ1v) is 5.26. The molecule has 1 aliphatic heterocycles. The molecule has 0 saturated heterocycles. The number of methoxy groups -OCH3 is 1. The van der Waals surface area contributed by atoms with Gasteiger partial charge >= 0.3 is 7.12 Å². The van der Waals surface area contributed by atoms with Crippen molar-refractivity contribution in [1.82, 2.24) is 9.88 Å². The summed E-state index contributed by atoms with van der Waals surface area (Å²) < 4.78 is 4.92. The van der Waals surface area contributed by atoms with Gasteiger partial charge in [-0.1, -0.05) is 0 Å². The minimum Gasteiger partial charge on any atom is -0.423 e. The lowest BCUT2D eigenvalue weighted by atomic mass is 9.81. The molecule has 0 aromatic carbocycles. The monoisotopic (exact) mass is 236 g/mol. The van der Waals surface area contributed by atoms with Gasteiger partial charge in [-0.15, -0.1) is 0 Å². The molecule has 1 aliphatic rings. The van der Waals surface area contributed by atoms with Crippen molar-refractivity contribution in [1.29, 1.82) is 0 Å². The summed E-state index contributed by atoms with van der Waals surface area (Å²) >= 11 is 0. The van der Waals surface area contributed by atoms with Crippen molar-refractivity contribution in [3.8, 4) is 0 Å². The first-order valence-electron chi connectivity index (χ1n) is 5.26. The lowest BCUT2D eigenvalue weighted by Gasteiger charge is -2.13. The number of carbonyl (C=O) groups is 1. The van der Waals surface area contributed by atoms with Crippen LogP contribution in [0.25, 0.3) is 0 Å². The van der Waals surface area contributed by atoms with Gasteiger partial charge in [-0.3, -0.25) is 9.78 Å². The molecule has 0 saturated carbocycles. The maximum Gasteiger partial charge on any atom is 0.490 e. The number of pyridine rings is 1. The van der Waals surface area contributed by atoms with Crippen molar-refractivity contribution >= 4 is 18.5 Å². The summed E-state index contributed by atoms with van der Waals surface area (Å²) in [7, 11) is -0.0276. The molecule has 6 nitrogen and oxygen atoms in total. The number of amides is 1. The van der Waals surface area contributed by atoms with Gasteiger partial charge in [-0.25, -0.2) is 0 Å². The number of carbonyl (C=O) groups excluding carboxylic acids is 1. The molecule has 0 unspecified atom stereocenters. The molecule has 0 bridgehead atoms. The highest BCUT2D eigenvalue weighted by molar-refractivity contribution is 6.58. The molecule has 7 heteroatoms. The second-order valence-corrected chi connectivity index (χ2v) is 3.86. The Labute approximate surface area is 99.0 Å². The molecule has 2 heterocycles. The molecule has 0 radical (unpaired) electrons. The third kappa shape index (κ3) is 2.31. The fraction of sp³-hybridized carbons (Fsp3) is 0.400. The topological polar surface area (TPSA) is 82.9 Å². The van der Waals surface area contributed by atoms with E-state index < -0.39 is 7.12 Å². The van der Waals surface area contributed by atoms with Gasteiger partial charge in [0.2, 0.25) is 0 Å². The van der Waals surface area contributed by atoms with Gasteiger partial charge in [0, 0.05) is 25.3 Å². The van der Waals surface area contributed by atoms with E-state index in [2.05, 4.69) is 4.98 Å². The molecule has 1 aromatic rings. The summed E-state index contributed by atoms with van der Waals surface area (Å²) in [5.74, 6) is -0.146. The number of fused-ring (bicyclic) bond motifs is 1. The zero-order valence-corrected chi connectivity index (χ0v) is 9.46. The second kappa shape index (κ2) is 4.83. The van der Waals surface area contributed by atoms with E-state index in [9.17, 15) is 4.79 Å². The minimum atomic E-state index is -1.60. The Hall–Kier alpha value is -1.44. The summed E-state index contributed by atoms with van der Waals surface area (Å²) in [6.45, 7) is 1.41. The number of hydrogen-bond acceptors (Lipinski definition) is 5. The SMILES string of the molecule is COCCN1Cc2ncc(B(O)O)cc2C1=O. The zero-order chi connectivity index (χ0) is 12.4. The predicted octanol–water partition coefficient (Wildman–Crippen LogP) is -1.64. The Morgan fingerprint density at radius 3 is 3.00 bits per heavy atom. The third-order valence-electron chi connectivity index (χ3n) is 2.71. The minimum absolute atomic E-state index is 0.146. The lowest BCUT2D eigenvalue weighted by Crippen LogP contribution is -2.31. The molecular weight excluding hydrogens is 223 g/mol. The Balaban J connectivity index is 2.20. The Kier molecular flexibility index (Phi) is 3.42. The fourth-order valence-electron chi connectivity index (χ4n) is 1.77. The van der Waals surface area contributed by atoms with Gasteiger partial charge in [0.25, 0.3) is 5.91 Å². The van der Waals surface area contributed by atoms with Gasteiger partial charge in [0.05, 0.1) is 24.4 Å². The second-order valence-electron chi connectivity index (χ2n) is 3.86. The van der Waals surface area contributed by atoms with Crippen molar-refractivity contribution in [3.63, 3.8) is 0 Å². The molecule has 90 valence electrons. The Morgan fingerprint density at radius 1 is 1.59 bits per heavy atom. The Morgan fingerprint density at radius 2 is 2.35 bits per heavy atom. The van der Waals surface area contributed by atoms with Crippen LogP contribution in [0.5, 0.6) is 0 Å². The van der Waals surface area contributed by atoms with E-state index in [-0.39, 0.29) is 11.4 Å². The number of hydrogen-bond donors (Lipinski definition) is 2. The number of nitrogens with zero attached hydrogens (tertiary/aromatic N) is 2. The van der Waals surface area contributed by atoms with Crippen molar-refractivity contribution in [2.75, 3.05) is 20.3 Å². The van der Waals surface area contributed by atoms with Gasteiger partial charge in [0.15, 0.2) is 0 Å². The van der Waals surface area contributed by atoms with Crippen LogP contribution in [0.15, 0.2) is 12.3 Å². The van der Waals surface area contributed by atoms with Gasteiger partial charge in [-0.2, -0.15) is 0 Å². The van der Waals surface area contributed by atoms with E-state index in [0.717, 1.165) is 0 Å². The summed E-state index contributed by atoms with van der Waals surface area (Å²) in [6, 6.07) is 1.47. The first-order chi connectivity index (χ1) is 8.13. The maximum atomic E-state index is 11.9. The van der Waals surface area contributed by atoms with E-state index in [1.54, 1.807) is 12.0 Å². The molecule has 2 rings (SSSR count). The molecule has 0 aliphatic carbocycles.